The number of amides is 1. The van der Waals surface area contributed by atoms with Gasteiger partial charge in [0.25, 0.3) is 0 Å². The molecule has 104 valence electrons. The maximum absolute atomic E-state index is 11.4. The second-order valence-electron chi connectivity index (χ2n) is 5.77. The number of aromatic nitrogens is 2. The number of ether oxygens (including phenoxy) is 1. The van der Waals surface area contributed by atoms with Gasteiger partial charge in [-0.3, -0.25) is 4.79 Å². The smallest absolute Gasteiger partial charge is 0.248 e. The quantitative estimate of drug-likeness (QED) is 0.864. The van der Waals surface area contributed by atoms with Crippen LogP contribution in [0.15, 0.2) is 12.1 Å². The van der Waals surface area contributed by atoms with E-state index in [-0.39, 0.29) is 5.41 Å². The average Bonchev–Trinajstić information content (AvgIpc) is 3.14. The lowest BCUT2D eigenvalue weighted by Crippen LogP contribution is -2.17. The Labute approximate surface area is 115 Å². The van der Waals surface area contributed by atoms with Crippen LogP contribution in [0.2, 0.25) is 0 Å². The van der Waals surface area contributed by atoms with Crippen molar-refractivity contribution >= 4 is 22.9 Å². The summed E-state index contributed by atoms with van der Waals surface area (Å²) in [5.41, 5.74) is 7.74. The molecule has 6 nitrogen and oxygen atoms in total. The van der Waals surface area contributed by atoms with Crippen LogP contribution < -0.4 is 15.8 Å². The standard InChI is InChI=1S/C14H16N4O2/c1-16-13-17-9-4-8(12(15)19)5-10-11(9)18(13)6-14(2-3-14)7-20-10/h4-5H,2-3,6-7H2,1H3,(H2,15,19)(H,16,17). The third-order valence-electron chi connectivity index (χ3n) is 4.30. The Balaban J connectivity index is 1.99. The van der Waals surface area contributed by atoms with E-state index in [0.717, 1.165) is 23.5 Å². The highest BCUT2D eigenvalue weighted by Gasteiger charge is 2.46. The first-order chi connectivity index (χ1) is 9.62. The molecule has 0 bridgehead atoms. The molecular formula is C14H16N4O2. The van der Waals surface area contributed by atoms with Gasteiger partial charge >= 0.3 is 0 Å². The zero-order valence-electron chi connectivity index (χ0n) is 11.3. The number of hydrogen-bond donors (Lipinski definition) is 2. The number of nitrogens with one attached hydrogen (secondary N) is 1. The number of primary amides is 1. The molecule has 0 unspecified atom stereocenters. The first-order valence-electron chi connectivity index (χ1n) is 6.77. The highest BCUT2D eigenvalue weighted by Crippen LogP contribution is 2.50. The van der Waals surface area contributed by atoms with Crippen molar-refractivity contribution in [1.82, 2.24) is 9.55 Å². The second kappa shape index (κ2) is 3.65. The van der Waals surface area contributed by atoms with Crippen molar-refractivity contribution in [3.63, 3.8) is 0 Å². The van der Waals surface area contributed by atoms with E-state index in [1.165, 1.54) is 12.8 Å². The van der Waals surface area contributed by atoms with Crippen molar-refractivity contribution in [3.8, 4) is 5.75 Å². The number of nitrogens with zero attached hydrogens (tertiary/aromatic N) is 2. The molecule has 2 aliphatic rings. The van der Waals surface area contributed by atoms with Crippen molar-refractivity contribution < 1.29 is 9.53 Å². The molecule has 20 heavy (non-hydrogen) atoms. The number of carbonyl (C=O) groups is 1. The highest BCUT2D eigenvalue weighted by molar-refractivity contribution is 5.98. The molecule has 2 aromatic rings. The number of rotatable bonds is 2. The number of carbonyl (C=O) groups excluding carboxylic acids is 1. The van der Waals surface area contributed by atoms with Crippen LogP contribution in [0.25, 0.3) is 11.0 Å². The van der Waals surface area contributed by atoms with Crippen LogP contribution in [0.3, 0.4) is 0 Å². The molecule has 1 saturated carbocycles. The monoisotopic (exact) mass is 272 g/mol. The van der Waals surface area contributed by atoms with E-state index >= 15 is 0 Å². The van der Waals surface area contributed by atoms with Gasteiger partial charge in [0, 0.05) is 24.6 Å². The lowest BCUT2D eigenvalue weighted by atomic mass is 10.1. The predicted molar refractivity (Wildman–Crippen MR) is 75.0 cm³/mol. The molecule has 0 radical (unpaired) electrons. The predicted octanol–water partition coefficient (Wildman–Crippen LogP) is 1.35. The Morgan fingerprint density at radius 2 is 2.30 bits per heavy atom. The fraction of sp³-hybridized carbons (Fsp3) is 0.429. The van der Waals surface area contributed by atoms with Crippen LogP contribution in [0.1, 0.15) is 23.2 Å². The number of benzene rings is 1. The van der Waals surface area contributed by atoms with Crippen molar-refractivity contribution in [2.24, 2.45) is 11.1 Å². The van der Waals surface area contributed by atoms with E-state index in [2.05, 4.69) is 14.9 Å². The first-order valence-corrected chi connectivity index (χ1v) is 6.77. The van der Waals surface area contributed by atoms with Gasteiger partial charge in [-0.15, -0.1) is 0 Å². The zero-order valence-corrected chi connectivity index (χ0v) is 11.3. The number of nitrogens with two attached hydrogens (primary N) is 1. The highest BCUT2D eigenvalue weighted by atomic mass is 16.5. The zero-order chi connectivity index (χ0) is 13.9. The maximum Gasteiger partial charge on any atom is 0.248 e. The summed E-state index contributed by atoms with van der Waals surface area (Å²) in [7, 11) is 1.85. The van der Waals surface area contributed by atoms with Crippen LogP contribution in [0.5, 0.6) is 5.75 Å². The molecule has 0 saturated heterocycles. The third-order valence-corrected chi connectivity index (χ3v) is 4.30. The van der Waals surface area contributed by atoms with E-state index in [1.54, 1.807) is 12.1 Å². The topological polar surface area (TPSA) is 82.2 Å². The summed E-state index contributed by atoms with van der Waals surface area (Å²) in [6.07, 6.45) is 2.35. The minimum Gasteiger partial charge on any atom is -0.491 e. The van der Waals surface area contributed by atoms with Crippen LogP contribution >= 0.6 is 0 Å². The SMILES string of the molecule is CNc1nc2cc(C(N)=O)cc3c2n1CC1(CC1)CO3. The maximum atomic E-state index is 11.4. The Hall–Kier alpha value is -2.24. The molecular weight excluding hydrogens is 256 g/mol. The Kier molecular flexibility index (Phi) is 2.11. The lowest BCUT2D eigenvalue weighted by Gasteiger charge is -2.13. The van der Waals surface area contributed by atoms with E-state index in [9.17, 15) is 4.79 Å². The summed E-state index contributed by atoms with van der Waals surface area (Å²) in [5, 5.41) is 3.12. The summed E-state index contributed by atoms with van der Waals surface area (Å²) >= 11 is 0. The Bertz CT molecular complexity index is 730. The van der Waals surface area contributed by atoms with Gasteiger partial charge in [-0.1, -0.05) is 0 Å². The van der Waals surface area contributed by atoms with E-state index < -0.39 is 5.91 Å². The molecule has 1 spiro atoms. The fourth-order valence-electron chi connectivity index (χ4n) is 2.92. The Morgan fingerprint density at radius 3 is 2.95 bits per heavy atom. The van der Waals surface area contributed by atoms with Gasteiger partial charge in [-0.05, 0) is 25.0 Å². The minimum atomic E-state index is -0.460. The molecule has 4 rings (SSSR count). The van der Waals surface area contributed by atoms with Gasteiger partial charge < -0.3 is 20.4 Å². The fourth-order valence-corrected chi connectivity index (χ4v) is 2.92. The summed E-state index contributed by atoms with van der Waals surface area (Å²) in [5.74, 6) is 1.05. The second-order valence-corrected chi connectivity index (χ2v) is 5.77. The molecule has 1 amide bonds. The Morgan fingerprint density at radius 1 is 1.50 bits per heavy atom. The van der Waals surface area contributed by atoms with Crippen LogP contribution in [0, 0.1) is 5.41 Å². The van der Waals surface area contributed by atoms with Crippen molar-refractivity contribution in [2.75, 3.05) is 19.0 Å². The van der Waals surface area contributed by atoms with Crippen LogP contribution in [-0.4, -0.2) is 29.1 Å². The molecule has 1 fully saturated rings. The van der Waals surface area contributed by atoms with Crippen molar-refractivity contribution in [1.29, 1.82) is 0 Å². The van der Waals surface area contributed by atoms with E-state index in [4.69, 9.17) is 10.5 Å². The number of anilines is 1. The van der Waals surface area contributed by atoms with Gasteiger partial charge in [-0.25, -0.2) is 4.98 Å². The summed E-state index contributed by atoms with van der Waals surface area (Å²) < 4.78 is 8.11. The van der Waals surface area contributed by atoms with Crippen molar-refractivity contribution in [3.05, 3.63) is 17.7 Å². The average molecular weight is 272 g/mol. The molecule has 6 heteroatoms. The molecule has 3 N–H and O–H groups in total. The van der Waals surface area contributed by atoms with Gasteiger partial charge in [-0.2, -0.15) is 0 Å². The molecule has 0 atom stereocenters. The van der Waals surface area contributed by atoms with Crippen LogP contribution in [0.4, 0.5) is 5.95 Å². The molecule has 1 aromatic carbocycles. The van der Waals surface area contributed by atoms with Gasteiger partial charge in [0.1, 0.15) is 11.3 Å². The summed E-state index contributed by atoms with van der Waals surface area (Å²) in [4.78, 5) is 16.0. The lowest BCUT2D eigenvalue weighted by molar-refractivity contribution is 0.1000. The normalized spacial score (nSPS) is 18.6. The summed E-state index contributed by atoms with van der Waals surface area (Å²) in [6.45, 7) is 1.59. The first kappa shape index (κ1) is 11.6. The molecule has 2 heterocycles. The van der Waals surface area contributed by atoms with Crippen molar-refractivity contribution in [2.45, 2.75) is 19.4 Å². The van der Waals surface area contributed by atoms with Gasteiger partial charge in [0.2, 0.25) is 11.9 Å². The van der Waals surface area contributed by atoms with Gasteiger partial charge in [0.05, 0.1) is 12.1 Å². The van der Waals surface area contributed by atoms with E-state index in [1.807, 2.05) is 7.05 Å². The van der Waals surface area contributed by atoms with Gasteiger partial charge in [0.15, 0.2) is 0 Å². The molecule has 1 aliphatic heterocycles. The molecule has 1 aromatic heterocycles. The van der Waals surface area contributed by atoms with Crippen LogP contribution in [-0.2, 0) is 6.54 Å². The third kappa shape index (κ3) is 1.51. The molecule has 1 aliphatic carbocycles. The van der Waals surface area contributed by atoms with E-state index in [0.29, 0.717) is 17.9 Å². The minimum absolute atomic E-state index is 0.227. The number of imidazole rings is 1. The number of hydrogen-bond acceptors (Lipinski definition) is 4. The largest absolute Gasteiger partial charge is 0.491 e. The summed E-state index contributed by atoms with van der Waals surface area (Å²) in [6, 6.07) is 3.45.